The fourth-order valence-electron chi connectivity index (χ4n) is 1.89. The molecular weight excluding hydrogens is 240 g/mol. The minimum atomic E-state index is -0.133. The van der Waals surface area contributed by atoms with Crippen molar-refractivity contribution in [2.24, 2.45) is 0 Å². The van der Waals surface area contributed by atoms with E-state index in [1.165, 1.54) is 11.1 Å². The van der Waals surface area contributed by atoms with E-state index < -0.39 is 0 Å². The van der Waals surface area contributed by atoms with E-state index in [0.717, 1.165) is 18.6 Å². The van der Waals surface area contributed by atoms with Gasteiger partial charge in [-0.05, 0) is 30.0 Å². The van der Waals surface area contributed by atoms with Gasteiger partial charge >= 0.3 is 0 Å². The molecule has 19 heavy (non-hydrogen) atoms. The van der Waals surface area contributed by atoms with Crippen LogP contribution < -0.4 is 4.74 Å². The average molecular weight is 260 g/mol. The molecule has 102 valence electrons. The number of hydrogen-bond donors (Lipinski definition) is 0. The summed E-state index contributed by atoms with van der Waals surface area (Å²) < 4.78 is 5.29. The van der Waals surface area contributed by atoms with Gasteiger partial charge in [-0.1, -0.05) is 19.1 Å². The quantitative estimate of drug-likeness (QED) is 0.787. The van der Waals surface area contributed by atoms with Crippen LogP contribution in [0.3, 0.4) is 0 Å². The molecule has 0 radical (unpaired) electrons. The van der Waals surface area contributed by atoms with Crippen LogP contribution in [0.15, 0.2) is 18.2 Å². The molecule has 0 aliphatic rings. The third-order valence-corrected chi connectivity index (χ3v) is 3.12. The fraction of sp³-hybridized carbons (Fsp3) is 0.467. The van der Waals surface area contributed by atoms with Crippen LogP contribution in [-0.2, 0) is 17.6 Å². The van der Waals surface area contributed by atoms with Gasteiger partial charge in [0.2, 0.25) is 5.91 Å². The van der Waals surface area contributed by atoms with Crippen molar-refractivity contribution in [1.82, 2.24) is 4.90 Å². The molecule has 4 nitrogen and oxygen atoms in total. The van der Waals surface area contributed by atoms with Gasteiger partial charge < -0.3 is 9.64 Å². The summed E-state index contributed by atoms with van der Waals surface area (Å²) in [5, 5.41) is 8.49. The van der Waals surface area contributed by atoms with Gasteiger partial charge in [-0.2, -0.15) is 5.26 Å². The largest absolute Gasteiger partial charge is 0.496 e. The summed E-state index contributed by atoms with van der Waals surface area (Å²) >= 11 is 0. The summed E-state index contributed by atoms with van der Waals surface area (Å²) in [6, 6.07) is 7.96. The van der Waals surface area contributed by atoms with Crippen LogP contribution in [0.25, 0.3) is 0 Å². The highest BCUT2D eigenvalue weighted by atomic mass is 16.5. The van der Waals surface area contributed by atoms with Crippen molar-refractivity contribution in [1.29, 1.82) is 5.26 Å². The van der Waals surface area contributed by atoms with Gasteiger partial charge in [0.15, 0.2) is 0 Å². The lowest BCUT2D eigenvalue weighted by molar-refractivity contribution is -0.128. The summed E-state index contributed by atoms with van der Waals surface area (Å²) in [5.74, 6) is 0.770. The van der Waals surface area contributed by atoms with Crippen molar-refractivity contribution in [3.63, 3.8) is 0 Å². The summed E-state index contributed by atoms with van der Waals surface area (Å²) in [6.45, 7) is 2.71. The Bertz CT molecular complexity index is 478. The Morgan fingerprint density at radius 2 is 2.21 bits per heavy atom. The monoisotopic (exact) mass is 260 g/mol. The SMILES string of the molecule is CCc1cc(CCN(C)C(=O)CC#N)ccc1OC. The first-order valence-corrected chi connectivity index (χ1v) is 6.39. The van der Waals surface area contributed by atoms with Crippen LogP contribution in [0.4, 0.5) is 0 Å². The van der Waals surface area contributed by atoms with Crippen molar-refractivity contribution in [3.8, 4) is 11.8 Å². The number of benzene rings is 1. The number of aryl methyl sites for hydroxylation is 1. The molecule has 1 amide bonds. The summed E-state index contributed by atoms with van der Waals surface area (Å²) in [5.41, 5.74) is 2.35. The van der Waals surface area contributed by atoms with Crippen molar-refractivity contribution in [2.75, 3.05) is 20.7 Å². The van der Waals surface area contributed by atoms with Crippen LogP contribution in [0.2, 0.25) is 0 Å². The molecule has 1 aromatic rings. The normalized spacial score (nSPS) is 9.79. The van der Waals surface area contributed by atoms with E-state index in [1.54, 1.807) is 19.1 Å². The van der Waals surface area contributed by atoms with Gasteiger partial charge in [-0.25, -0.2) is 0 Å². The van der Waals surface area contributed by atoms with Crippen LogP contribution in [0, 0.1) is 11.3 Å². The number of ether oxygens (including phenoxy) is 1. The van der Waals surface area contributed by atoms with E-state index in [2.05, 4.69) is 13.0 Å². The highest BCUT2D eigenvalue weighted by Crippen LogP contribution is 2.20. The zero-order valence-electron chi connectivity index (χ0n) is 11.8. The van der Waals surface area contributed by atoms with Gasteiger partial charge in [0.05, 0.1) is 13.2 Å². The minimum absolute atomic E-state index is 0.0562. The van der Waals surface area contributed by atoms with Crippen molar-refractivity contribution < 1.29 is 9.53 Å². The summed E-state index contributed by atoms with van der Waals surface area (Å²) in [7, 11) is 3.40. The fourth-order valence-corrected chi connectivity index (χ4v) is 1.89. The Balaban J connectivity index is 2.63. The van der Waals surface area contributed by atoms with Gasteiger partial charge in [0.1, 0.15) is 12.2 Å². The zero-order chi connectivity index (χ0) is 14.3. The molecule has 0 aromatic heterocycles. The molecule has 0 atom stereocenters. The average Bonchev–Trinajstić information content (AvgIpc) is 2.44. The van der Waals surface area contributed by atoms with E-state index in [-0.39, 0.29) is 12.3 Å². The molecule has 0 bridgehead atoms. The lowest BCUT2D eigenvalue weighted by atomic mass is 10.1. The highest BCUT2D eigenvalue weighted by Gasteiger charge is 2.08. The number of carbonyl (C=O) groups is 1. The Morgan fingerprint density at radius 1 is 1.47 bits per heavy atom. The van der Waals surface area contributed by atoms with E-state index in [0.29, 0.717) is 6.54 Å². The minimum Gasteiger partial charge on any atom is -0.496 e. The second kappa shape index (κ2) is 7.42. The topological polar surface area (TPSA) is 53.3 Å². The van der Waals surface area contributed by atoms with Gasteiger partial charge in [0.25, 0.3) is 0 Å². The first-order valence-electron chi connectivity index (χ1n) is 6.39. The number of nitriles is 1. The van der Waals surface area contributed by atoms with Gasteiger partial charge in [0, 0.05) is 13.6 Å². The van der Waals surface area contributed by atoms with Crippen LogP contribution >= 0.6 is 0 Å². The predicted octanol–water partition coefficient (Wildman–Crippen LogP) is 2.17. The Hall–Kier alpha value is -2.02. The number of carbonyl (C=O) groups excluding carboxylic acids is 1. The third kappa shape index (κ3) is 4.29. The van der Waals surface area contributed by atoms with Crippen LogP contribution in [-0.4, -0.2) is 31.5 Å². The maximum Gasteiger partial charge on any atom is 0.236 e. The second-order valence-electron chi connectivity index (χ2n) is 4.40. The van der Waals surface area contributed by atoms with E-state index in [1.807, 2.05) is 18.2 Å². The number of amides is 1. The van der Waals surface area contributed by atoms with E-state index >= 15 is 0 Å². The van der Waals surface area contributed by atoms with Gasteiger partial charge in [-0.15, -0.1) is 0 Å². The molecule has 0 spiro atoms. The molecule has 0 heterocycles. The maximum atomic E-state index is 11.5. The maximum absolute atomic E-state index is 11.5. The molecule has 1 rings (SSSR count). The standard InChI is InChI=1S/C15H20N2O2/c1-4-13-11-12(5-6-14(13)19-3)8-10-17(2)15(18)7-9-16/h5-6,11H,4,7-8,10H2,1-3H3. The number of methoxy groups -OCH3 is 1. The number of likely N-dealkylation sites (N-methyl/N-ethyl adjacent to an activating group) is 1. The molecule has 0 aliphatic heterocycles. The van der Waals surface area contributed by atoms with Crippen molar-refractivity contribution in [3.05, 3.63) is 29.3 Å². The number of hydrogen-bond acceptors (Lipinski definition) is 3. The lowest BCUT2D eigenvalue weighted by Crippen LogP contribution is -2.28. The Kier molecular flexibility index (Phi) is 5.87. The van der Waals surface area contributed by atoms with Gasteiger partial charge in [-0.3, -0.25) is 4.79 Å². The highest BCUT2D eigenvalue weighted by molar-refractivity contribution is 5.77. The molecule has 0 saturated carbocycles. The molecular formula is C15H20N2O2. The smallest absolute Gasteiger partial charge is 0.236 e. The molecule has 0 fully saturated rings. The lowest BCUT2D eigenvalue weighted by Gasteiger charge is -2.16. The number of rotatable bonds is 6. The summed E-state index contributed by atoms with van der Waals surface area (Å²) in [4.78, 5) is 13.1. The molecule has 0 aliphatic carbocycles. The van der Waals surface area contributed by atoms with Crippen LogP contribution in [0.5, 0.6) is 5.75 Å². The first-order chi connectivity index (χ1) is 9.12. The first kappa shape index (κ1) is 15.0. The number of nitrogens with zero attached hydrogens (tertiary/aromatic N) is 2. The molecule has 1 aromatic carbocycles. The van der Waals surface area contributed by atoms with Crippen LogP contribution in [0.1, 0.15) is 24.5 Å². The summed E-state index contributed by atoms with van der Waals surface area (Å²) in [6.07, 6.45) is 1.64. The predicted molar refractivity (Wildman–Crippen MR) is 73.9 cm³/mol. The van der Waals surface area contributed by atoms with E-state index in [4.69, 9.17) is 10.00 Å². The molecule has 0 saturated heterocycles. The zero-order valence-corrected chi connectivity index (χ0v) is 11.8. The third-order valence-electron chi connectivity index (χ3n) is 3.12. The molecule has 4 heteroatoms. The van der Waals surface area contributed by atoms with Crippen molar-refractivity contribution in [2.45, 2.75) is 26.2 Å². The Labute approximate surface area is 114 Å². The molecule has 0 N–H and O–H groups in total. The molecule has 0 unspecified atom stereocenters. The van der Waals surface area contributed by atoms with Crippen molar-refractivity contribution >= 4 is 5.91 Å². The second-order valence-corrected chi connectivity index (χ2v) is 4.40. The Morgan fingerprint density at radius 3 is 2.79 bits per heavy atom. The van der Waals surface area contributed by atoms with E-state index in [9.17, 15) is 4.79 Å².